The van der Waals surface area contributed by atoms with Gasteiger partial charge < -0.3 is 10.6 Å². The first-order chi connectivity index (χ1) is 13.3. The summed E-state index contributed by atoms with van der Waals surface area (Å²) in [5, 5.41) is 5.30. The van der Waals surface area contributed by atoms with Gasteiger partial charge in [0.2, 0.25) is 21.8 Å². The maximum atomic E-state index is 13.1. The Morgan fingerprint density at radius 1 is 1.32 bits per heavy atom. The van der Waals surface area contributed by atoms with Crippen molar-refractivity contribution in [1.29, 1.82) is 0 Å². The molecule has 0 bridgehead atoms. The lowest BCUT2D eigenvalue weighted by molar-refractivity contribution is -0.129. The van der Waals surface area contributed by atoms with Crippen LogP contribution in [0, 0.1) is 5.92 Å². The van der Waals surface area contributed by atoms with E-state index in [4.69, 9.17) is 0 Å². The van der Waals surface area contributed by atoms with Crippen molar-refractivity contribution in [1.82, 2.24) is 23.7 Å². The molecular weight excluding hydrogens is 402 g/mol. The molecular formula is C17H23N5O4S2. The zero-order chi connectivity index (χ0) is 20.3. The second kappa shape index (κ2) is 8.50. The second-order valence-corrected chi connectivity index (χ2v) is 9.47. The molecule has 0 saturated carbocycles. The lowest BCUT2D eigenvalue weighted by atomic mass is 9.99. The molecule has 2 heterocycles. The minimum atomic E-state index is -3.79. The predicted octanol–water partition coefficient (Wildman–Crippen LogP) is 0.733. The Morgan fingerprint density at radius 3 is 2.86 bits per heavy atom. The lowest BCUT2D eigenvalue weighted by Crippen LogP contribution is -2.47. The molecule has 9 nitrogen and oxygen atoms in total. The number of fused-ring (bicyclic) bond motifs is 1. The van der Waals surface area contributed by atoms with Crippen LogP contribution < -0.4 is 10.6 Å². The summed E-state index contributed by atoms with van der Waals surface area (Å²) >= 11 is 0.964. The molecule has 152 valence electrons. The van der Waals surface area contributed by atoms with Crippen LogP contribution in [0.1, 0.15) is 26.7 Å². The molecule has 1 aliphatic rings. The van der Waals surface area contributed by atoms with Gasteiger partial charge in [0, 0.05) is 19.1 Å². The van der Waals surface area contributed by atoms with E-state index in [0.717, 1.165) is 11.7 Å². The van der Waals surface area contributed by atoms with Crippen molar-refractivity contribution in [3.05, 3.63) is 18.2 Å². The van der Waals surface area contributed by atoms with Crippen LogP contribution in [0.3, 0.4) is 0 Å². The van der Waals surface area contributed by atoms with Gasteiger partial charge >= 0.3 is 0 Å². The summed E-state index contributed by atoms with van der Waals surface area (Å²) in [5.74, 6) is -1.08. The maximum Gasteiger partial charge on any atom is 0.245 e. The molecule has 1 fully saturated rings. The monoisotopic (exact) mass is 425 g/mol. The van der Waals surface area contributed by atoms with E-state index in [9.17, 15) is 18.0 Å². The number of hydrogen-bond acceptors (Lipinski definition) is 7. The molecule has 0 radical (unpaired) electrons. The predicted molar refractivity (Wildman–Crippen MR) is 105 cm³/mol. The van der Waals surface area contributed by atoms with Crippen LogP contribution in [0.2, 0.25) is 0 Å². The van der Waals surface area contributed by atoms with Gasteiger partial charge in [0.05, 0.1) is 24.2 Å². The molecule has 0 spiro atoms. The van der Waals surface area contributed by atoms with E-state index < -0.39 is 15.9 Å². The smallest absolute Gasteiger partial charge is 0.245 e. The number of amides is 2. The van der Waals surface area contributed by atoms with Crippen molar-refractivity contribution in [3.8, 4) is 0 Å². The normalized spacial score (nSPS) is 18.3. The zero-order valence-electron chi connectivity index (χ0n) is 15.7. The van der Waals surface area contributed by atoms with Gasteiger partial charge in [-0.1, -0.05) is 6.07 Å². The molecule has 2 aromatic rings. The number of hydrogen-bond donors (Lipinski definition) is 2. The highest BCUT2D eigenvalue weighted by molar-refractivity contribution is 7.89. The van der Waals surface area contributed by atoms with Crippen molar-refractivity contribution in [3.63, 3.8) is 0 Å². The summed E-state index contributed by atoms with van der Waals surface area (Å²) in [7, 11) is -3.79. The maximum absolute atomic E-state index is 13.1. The third kappa shape index (κ3) is 4.47. The molecule has 2 N–H and O–H groups in total. The third-order valence-corrected chi connectivity index (χ3v) is 6.93. The molecule has 0 aliphatic carbocycles. The largest absolute Gasteiger partial charge is 0.352 e. The van der Waals surface area contributed by atoms with Crippen molar-refractivity contribution in [2.24, 2.45) is 5.92 Å². The van der Waals surface area contributed by atoms with E-state index in [1.54, 1.807) is 12.1 Å². The Kier molecular flexibility index (Phi) is 6.26. The first kappa shape index (κ1) is 20.6. The van der Waals surface area contributed by atoms with Crippen LogP contribution in [0.25, 0.3) is 11.0 Å². The summed E-state index contributed by atoms with van der Waals surface area (Å²) in [5.41, 5.74) is 0.887. The van der Waals surface area contributed by atoms with Gasteiger partial charge in [-0.2, -0.15) is 13.1 Å². The van der Waals surface area contributed by atoms with Crippen molar-refractivity contribution < 1.29 is 18.0 Å². The van der Waals surface area contributed by atoms with Crippen LogP contribution in [-0.4, -0.2) is 59.0 Å². The third-order valence-electron chi connectivity index (χ3n) is 4.49. The van der Waals surface area contributed by atoms with Crippen LogP contribution in [0.15, 0.2) is 23.1 Å². The minimum absolute atomic E-state index is 0.0115. The molecule has 1 aromatic carbocycles. The number of nitrogens with one attached hydrogen (secondary N) is 2. The standard InChI is InChI=1S/C17H23N5O4S2/c1-11(2)19-15(23)9-18-17(24)12-5-4-8-22(10-12)28(25,26)14-7-3-6-13-16(14)21-27-20-13/h3,6-7,11-12H,4-5,8-10H2,1-2H3,(H,18,24)(H,19,23). The molecule has 1 aliphatic heterocycles. The molecule has 1 saturated heterocycles. The van der Waals surface area contributed by atoms with Crippen LogP contribution in [-0.2, 0) is 19.6 Å². The number of rotatable bonds is 6. The van der Waals surface area contributed by atoms with E-state index >= 15 is 0 Å². The summed E-state index contributed by atoms with van der Waals surface area (Å²) in [6.45, 7) is 3.97. The molecule has 1 aromatic heterocycles. The molecule has 1 unspecified atom stereocenters. The SMILES string of the molecule is CC(C)NC(=O)CNC(=O)C1CCCN(S(=O)(=O)c2cccc3nsnc23)C1. The fraction of sp³-hybridized carbons (Fsp3) is 0.529. The van der Waals surface area contributed by atoms with Crippen LogP contribution in [0.4, 0.5) is 0 Å². The fourth-order valence-corrected chi connectivity index (χ4v) is 5.46. The summed E-state index contributed by atoms with van der Waals surface area (Å²) < 4.78 is 35.8. The zero-order valence-corrected chi connectivity index (χ0v) is 17.3. The highest BCUT2D eigenvalue weighted by Crippen LogP contribution is 2.28. The highest BCUT2D eigenvalue weighted by atomic mass is 32.2. The van der Waals surface area contributed by atoms with Crippen molar-refractivity contribution >= 4 is 44.6 Å². The lowest BCUT2D eigenvalue weighted by Gasteiger charge is -2.31. The highest BCUT2D eigenvalue weighted by Gasteiger charge is 2.34. The van der Waals surface area contributed by atoms with E-state index in [-0.39, 0.29) is 35.8 Å². The number of sulfonamides is 1. The van der Waals surface area contributed by atoms with Crippen molar-refractivity contribution in [2.75, 3.05) is 19.6 Å². The number of benzene rings is 1. The van der Waals surface area contributed by atoms with Gasteiger partial charge in [-0.25, -0.2) is 8.42 Å². The molecule has 2 amide bonds. The summed E-state index contributed by atoms with van der Waals surface area (Å²) in [6, 6.07) is 4.85. The number of piperidine rings is 1. The van der Waals surface area contributed by atoms with Gasteiger partial charge in [-0.3, -0.25) is 9.59 Å². The van der Waals surface area contributed by atoms with Gasteiger partial charge in [-0.05, 0) is 38.8 Å². The first-order valence-electron chi connectivity index (χ1n) is 9.07. The number of nitrogens with zero attached hydrogens (tertiary/aromatic N) is 3. The minimum Gasteiger partial charge on any atom is -0.352 e. The Hall–Kier alpha value is -2.11. The Labute approximate surface area is 167 Å². The molecule has 3 rings (SSSR count). The molecule has 11 heteroatoms. The Balaban J connectivity index is 1.69. The van der Waals surface area contributed by atoms with E-state index in [0.29, 0.717) is 30.4 Å². The number of carbonyl (C=O) groups excluding carboxylic acids is 2. The van der Waals surface area contributed by atoms with Gasteiger partial charge in [0.1, 0.15) is 15.9 Å². The average Bonchev–Trinajstić information content (AvgIpc) is 3.14. The van der Waals surface area contributed by atoms with E-state index in [1.165, 1.54) is 10.4 Å². The van der Waals surface area contributed by atoms with Gasteiger partial charge in [-0.15, -0.1) is 0 Å². The quantitative estimate of drug-likeness (QED) is 0.704. The van der Waals surface area contributed by atoms with Crippen LogP contribution >= 0.6 is 11.7 Å². The fourth-order valence-electron chi connectivity index (χ4n) is 3.19. The van der Waals surface area contributed by atoms with Crippen LogP contribution in [0.5, 0.6) is 0 Å². The van der Waals surface area contributed by atoms with E-state index in [2.05, 4.69) is 19.4 Å². The summed E-state index contributed by atoms with van der Waals surface area (Å²) in [4.78, 5) is 24.2. The second-order valence-electron chi connectivity index (χ2n) is 7.03. The van der Waals surface area contributed by atoms with Gasteiger partial charge in [0.25, 0.3) is 0 Å². The van der Waals surface area contributed by atoms with Gasteiger partial charge in [0.15, 0.2) is 0 Å². The Morgan fingerprint density at radius 2 is 2.11 bits per heavy atom. The first-order valence-corrected chi connectivity index (χ1v) is 11.2. The molecule has 28 heavy (non-hydrogen) atoms. The van der Waals surface area contributed by atoms with Crippen molar-refractivity contribution in [2.45, 2.75) is 37.6 Å². The van der Waals surface area contributed by atoms with E-state index in [1.807, 2.05) is 13.8 Å². The average molecular weight is 426 g/mol. The number of aromatic nitrogens is 2. The molecule has 1 atom stereocenters. The number of carbonyl (C=O) groups is 2. The Bertz CT molecular complexity index is 973. The topological polar surface area (TPSA) is 121 Å². The summed E-state index contributed by atoms with van der Waals surface area (Å²) in [6.07, 6.45) is 1.15.